The zero-order valence-electron chi connectivity index (χ0n) is 28.7. The summed E-state index contributed by atoms with van der Waals surface area (Å²) in [6.45, 7) is 4.71. The summed E-state index contributed by atoms with van der Waals surface area (Å²) in [6, 6.07) is 66.7. The Kier molecular flexibility index (Phi) is 6.56. The predicted molar refractivity (Wildman–Crippen MR) is 216 cm³/mol. The van der Waals surface area contributed by atoms with E-state index in [1.807, 2.05) is 0 Å². The average molecular weight is 653 g/mol. The highest BCUT2D eigenvalue weighted by Gasteiger charge is 2.35. The van der Waals surface area contributed by atoms with Crippen LogP contribution in [-0.4, -0.2) is 4.57 Å². The molecule has 0 saturated heterocycles. The lowest BCUT2D eigenvalue weighted by Crippen LogP contribution is -2.16. The van der Waals surface area contributed by atoms with Crippen molar-refractivity contribution in [2.75, 3.05) is 4.90 Å². The highest BCUT2D eigenvalue weighted by atomic mass is 15.1. The lowest BCUT2D eigenvalue weighted by Gasteiger charge is -2.28. The number of nitrogens with zero attached hydrogens (tertiary/aromatic N) is 2. The summed E-state index contributed by atoms with van der Waals surface area (Å²) in [5.74, 6) is 0. The molecule has 0 bridgehead atoms. The van der Waals surface area contributed by atoms with Crippen LogP contribution < -0.4 is 4.90 Å². The van der Waals surface area contributed by atoms with Crippen molar-refractivity contribution in [1.29, 1.82) is 0 Å². The van der Waals surface area contributed by atoms with Gasteiger partial charge in [-0.2, -0.15) is 0 Å². The van der Waals surface area contributed by atoms with Gasteiger partial charge in [0.1, 0.15) is 0 Å². The van der Waals surface area contributed by atoms with Crippen LogP contribution >= 0.6 is 0 Å². The summed E-state index contributed by atoms with van der Waals surface area (Å²) in [5, 5.41) is 5.05. The first-order chi connectivity index (χ1) is 25.1. The summed E-state index contributed by atoms with van der Waals surface area (Å²) >= 11 is 0. The van der Waals surface area contributed by atoms with E-state index in [0.717, 1.165) is 22.7 Å². The number of para-hydroxylation sites is 2. The van der Waals surface area contributed by atoms with Crippen LogP contribution in [0.3, 0.4) is 0 Å². The van der Waals surface area contributed by atoms with Gasteiger partial charge < -0.3 is 9.47 Å². The lowest BCUT2D eigenvalue weighted by molar-refractivity contribution is 0.660. The molecule has 242 valence electrons. The smallest absolute Gasteiger partial charge is 0.0541 e. The second kappa shape index (κ2) is 11.3. The van der Waals surface area contributed by atoms with Crippen LogP contribution in [0.15, 0.2) is 182 Å². The third kappa shape index (κ3) is 4.57. The molecule has 0 unspecified atom stereocenters. The molecule has 9 aromatic rings. The first kappa shape index (κ1) is 29.5. The highest BCUT2D eigenvalue weighted by molar-refractivity contribution is 6.09. The number of benzene rings is 8. The summed E-state index contributed by atoms with van der Waals surface area (Å²) in [6.07, 6.45) is 0. The van der Waals surface area contributed by atoms with Crippen molar-refractivity contribution >= 4 is 49.6 Å². The Morgan fingerprint density at radius 1 is 0.412 bits per heavy atom. The number of rotatable bonds is 5. The van der Waals surface area contributed by atoms with Crippen molar-refractivity contribution in [3.8, 4) is 27.9 Å². The van der Waals surface area contributed by atoms with Crippen molar-refractivity contribution in [2.45, 2.75) is 19.3 Å². The summed E-state index contributed by atoms with van der Waals surface area (Å²) in [4.78, 5) is 2.42. The van der Waals surface area contributed by atoms with Gasteiger partial charge >= 0.3 is 0 Å². The average Bonchev–Trinajstić information content (AvgIpc) is 3.64. The van der Waals surface area contributed by atoms with Crippen LogP contribution in [-0.2, 0) is 5.41 Å². The van der Waals surface area contributed by atoms with Gasteiger partial charge in [0.15, 0.2) is 0 Å². The van der Waals surface area contributed by atoms with Crippen molar-refractivity contribution in [2.24, 2.45) is 0 Å². The minimum atomic E-state index is -0.101. The van der Waals surface area contributed by atoms with E-state index in [9.17, 15) is 0 Å². The molecule has 0 radical (unpaired) electrons. The van der Waals surface area contributed by atoms with Crippen LogP contribution in [0.4, 0.5) is 17.1 Å². The SMILES string of the molecule is CC1(C)c2ccccc2-c2ccc(N(c3ccc(-c4cccc5ccccc45)cc3)c3cccc(-n4c5ccccc5c5ccccc54)c3)cc21. The van der Waals surface area contributed by atoms with Crippen molar-refractivity contribution in [1.82, 2.24) is 4.57 Å². The van der Waals surface area contributed by atoms with Gasteiger partial charge in [-0.15, -0.1) is 0 Å². The fourth-order valence-electron chi connectivity index (χ4n) is 8.52. The van der Waals surface area contributed by atoms with Gasteiger partial charge in [0.2, 0.25) is 0 Å². The molecule has 0 fully saturated rings. The molecule has 0 amide bonds. The van der Waals surface area contributed by atoms with Crippen LogP contribution in [0.2, 0.25) is 0 Å². The second-order valence-electron chi connectivity index (χ2n) is 14.2. The van der Waals surface area contributed by atoms with Gasteiger partial charge in [-0.05, 0) is 98.8 Å². The number of aromatic nitrogens is 1. The van der Waals surface area contributed by atoms with E-state index in [4.69, 9.17) is 0 Å². The minimum absolute atomic E-state index is 0.101. The molecule has 0 saturated carbocycles. The maximum atomic E-state index is 2.42. The molecule has 2 heteroatoms. The summed E-state index contributed by atoms with van der Waals surface area (Å²) in [5.41, 5.74) is 14.7. The van der Waals surface area contributed by atoms with E-state index in [-0.39, 0.29) is 5.41 Å². The number of anilines is 3. The maximum Gasteiger partial charge on any atom is 0.0541 e. The number of hydrogen-bond donors (Lipinski definition) is 0. The van der Waals surface area contributed by atoms with Gasteiger partial charge in [0.25, 0.3) is 0 Å². The van der Waals surface area contributed by atoms with E-state index >= 15 is 0 Å². The van der Waals surface area contributed by atoms with E-state index < -0.39 is 0 Å². The molecule has 1 aliphatic carbocycles. The molecule has 0 atom stereocenters. The van der Waals surface area contributed by atoms with Crippen LogP contribution in [0, 0.1) is 0 Å². The van der Waals surface area contributed by atoms with Crippen molar-refractivity contribution in [3.63, 3.8) is 0 Å². The normalized spacial score (nSPS) is 13.1. The zero-order valence-corrected chi connectivity index (χ0v) is 28.7. The molecule has 0 spiro atoms. The van der Waals surface area contributed by atoms with Crippen molar-refractivity contribution in [3.05, 3.63) is 193 Å². The minimum Gasteiger partial charge on any atom is -0.310 e. The molecule has 1 aromatic heterocycles. The third-order valence-corrected chi connectivity index (χ3v) is 11.0. The van der Waals surface area contributed by atoms with E-state index in [1.54, 1.807) is 0 Å². The van der Waals surface area contributed by atoms with E-state index in [0.29, 0.717) is 0 Å². The Balaban J connectivity index is 1.16. The van der Waals surface area contributed by atoms with Gasteiger partial charge in [0, 0.05) is 38.9 Å². The molecule has 2 nitrogen and oxygen atoms in total. The van der Waals surface area contributed by atoms with Crippen LogP contribution in [0.25, 0.3) is 60.5 Å². The summed E-state index contributed by atoms with van der Waals surface area (Å²) < 4.78 is 2.40. The fraction of sp³-hybridized carbons (Fsp3) is 0.0612. The summed E-state index contributed by atoms with van der Waals surface area (Å²) in [7, 11) is 0. The largest absolute Gasteiger partial charge is 0.310 e. The number of hydrogen-bond acceptors (Lipinski definition) is 1. The zero-order chi connectivity index (χ0) is 34.1. The first-order valence-electron chi connectivity index (χ1n) is 17.8. The Bertz CT molecular complexity index is 2720. The van der Waals surface area contributed by atoms with Crippen molar-refractivity contribution < 1.29 is 0 Å². The van der Waals surface area contributed by atoms with Gasteiger partial charge in [-0.3, -0.25) is 0 Å². The lowest BCUT2D eigenvalue weighted by atomic mass is 9.82. The molecule has 10 rings (SSSR count). The third-order valence-electron chi connectivity index (χ3n) is 11.0. The quantitative estimate of drug-likeness (QED) is 0.180. The fourth-order valence-corrected chi connectivity index (χ4v) is 8.52. The molecule has 0 aliphatic heterocycles. The van der Waals surface area contributed by atoms with Gasteiger partial charge in [-0.25, -0.2) is 0 Å². The molecule has 0 N–H and O–H groups in total. The standard InChI is InChI=1S/C49H36N2/c1-49(2)45-22-8-5-18-41(45)42-30-29-38(32-46(42)49)50(35-27-25-34(26-28-35)40-21-11-14-33-13-3-4-17-39(33)40)36-15-12-16-37(31-36)51-47-23-9-6-19-43(47)44-20-7-10-24-48(44)51/h3-32H,1-2H3. The molecular formula is C49H36N2. The highest BCUT2D eigenvalue weighted by Crippen LogP contribution is 2.50. The monoisotopic (exact) mass is 652 g/mol. The van der Waals surface area contributed by atoms with Crippen LogP contribution in [0.1, 0.15) is 25.0 Å². The van der Waals surface area contributed by atoms with Gasteiger partial charge in [0.05, 0.1) is 11.0 Å². The molecule has 1 heterocycles. The van der Waals surface area contributed by atoms with E-state index in [2.05, 4.69) is 205 Å². The Labute approximate surface area is 298 Å². The van der Waals surface area contributed by atoms with Gasteiger partial charge in [-0.1, -0.05) is 141 Å². The second-order valence-corrected chi connectivity index (χ2v) is 14.2. The maximum absolute atomic E-state index is 2.42. The Morgan fingerprint density at radius 3 is 1.76 bits per heavy atom. The van der Waals surface area contributed by atoms with E-state index in [1.165, 1.54) is 66.0 Å². The topological polar surface area (TPSA) is 8.17 Å². The molecular weight excluding hydrogens is 617 g/mol. The van der Waals surface area contributed by atoms with Crippen LogP contribution in [0.5, 0.6) is 0 Å². The number of fused-ring (bicyclic) bond motifs is 7. The first-order valence-corrected chi connectivity index (χ1v) is 17.8. The molecule has 8 aromatic carbocycles. The molecule has 51 heavy (non-hydrogen) atoms. The molecule has 1 aliphatic rings. The Hall–Kier alpha value is -6.38. The Morgan fingerprint density at radius 2 is 0.980 bits per heavy atom. The predicted octanol–water partition coefficient (Wildman–Crippen LogP) is 13.4.